The zero-order valence-electron chi connectivity index (χ0n) is 15.8. The van der Waals surface area contributed by atoms with Crippen LogP contribution in [0.1, 0.15) is 41.7 Å². The third-order valence-electron chi connectivity index (χ3n) is 5.09. The molecule has 0 aliphatic heterocycles. The van der Waals surface area contributed by atoms with Crippen molar-refractivity contribution >= 4 is 17.4 Å². The Hall–Kier alpha value is -3.21. The maximum Gasteiger partial charge on any atom is 0.277 e. The van der Waals surface area contributed by atoms with Gasteiger partial charge in [-0.1, -0.05) is 61.4 Å². The van der Waals surface area contributed by atoms with Crippen LogP contribution < -0.4 is 10.2 Å². The van der Waals surface area contributed by atoms with Crippen molar-refractivity contribution in [2.24, 2.45) is 0 Å². The molecule has 3 aromatic rings. The van der Waals surface area contributed by atoms with Gasteiger partial charge in [-0.15, -0.1) is 0 Å². The molecule has 1 N–H and O–H groups in total. The number of amides is 1. The Labute approximate surface area is 165 Å². The normalized spacial score (nSPS) is 14.0. The van der Waals surface area contributed by atoms with Crippen LogP contribution in [0.5, 0.6) is 0 Å². The number of nitrogens with zero attached hydrogens (tertiary/aromatic N) is 3. The minimum atomic E-state index is -0.132. The molecule has 1 aromatic heterocycles. The first kappa shape index (κ1) is 18.2. The van der Waals surface area contributed by atoms with Crippen molar-refractivity contribution in [2.45, 2.75) is 38.3 Å². The van der Waals surface area contributed by atoms with Gasteiger partial charge >= 0.3 is 0 Å². The number of nitrogens with one attached hydrogen (secondary N) is 1. The van der Waals surface area contributed by atoms with Gasteiger partial charge in [0.1, 0.15) is 17.8 Å². The van der Waals surface area contributed by atoms with Gasteiger partial charge in [0.05, 0.1) is 6.54 Å². The fraction of sp³-hybridized carbons (Fsp3) is 0.261. The van der Waals surface area contributed by atoms with E-state index in [1.807, 2.05) is 60.7 Å². The van der Waals surface area contributed by atoms with E-state index >= 15 is 0 Å². The maximum absolute atomic E-state index is 13.3. The molecule has 5 nitrogen and oxygen atoms in total. The second-order valence-corrected chi connectivity index (χ2v) is 7.13. The molecule has 1 heterocycles. The zero-order chi connectivity index (χ0) is 19.2. The number of rotatable bonds is 6. The van der Waals surface area contributed by atoms with Crippen LogP contribution in [0.15, 0.2) is 73.1 Å². The van der Waals surface area contributed by atoms with E-state index in [0.717, 1.165) is 29.9 Å². The second-order valence-electron chi connectivity index (χ2n) is 7.13. The standard InChI is InChI=1S/C23H24N4O/c28-23(21-15-22(25-17-24-21)26-19-11-7-8-12-19)27(20-13-5-2-6-14-20)16-18-9-3-1-4-10-18/h1-6,9-10,13-15,17,19H,7-8,11-12,16H2,(H,24,25,26). The average Bonchev–Trinajstić information content (AvgIpc) is 3.26. The molecule has 1 amide bonds. The summed E-state index contributed by atoms with van der Waals surface area (Å²) in [6, 6.07) is 21.9. The summed E-state index contributed by atoms with van der Waals surface area (Å²) in [7, 11) is 0. The molecule has 0 unspecified atom stereocenters. The summed E-state index contributed by atoms with van der Waals surface area (Å²) < 4.78 is 0. The third-order valence-corrected chi connectivity index (χ3v) is 5.09. The van der Waals surface area contributed by atoms with Gasteiger partial charge in [0.2, 0.25) is 0 Å². The van der Waals surface area contributed by atoms with E-state index in [-0.39, 0.29) is 5.91 Å². The highest BCUT2D eigenvalue weighted by Crippen LogP contribution is 2.23. The number of carbonyl (C=O) groups excluding carboxylic acids is 1. The zero-order valence-corrected chi connectivity index (χ0v) is 15.8. The Balaban J connectivity index is 1.59. The maximum atomic E-state index is 13.3. The quantitative estimate of drug-likeness (QED) is 0.683. The molecular formula is C23H24N4O. The number of benzene rings is 2. The SMILES string of the molecule is O=C(c1cc(NC2CCCC2)ncn1)N(Cc1ccccc1)c1ccccc1. The predicted molar refractivity (Wildman–Crippen MR) is 111 cm³/mol. The van der Waals surface area contributed by atoms with E-state index < -0.39 is 0 Å². The first-order valence-electron chi connectivity index (χ1n) is 9.79. The number of anilines is 2. The summed E-state index contributed by atoms with van der Waals surface area (Å²) in [6.45, 7) is 0.485. The summed E-state index contributed by atoms with van der Waals surface area (Å²) in [5, 5.41) is 3.44. The highest BCUT2D eigenvalue weighted by atomic mass is 16.2. The lowest BCUT2D eigenvalue weighted by Crippen LogP contribution is -2.31. The minimum absolute atomic E-state index is 0.132. The van der Waals surface area contributed by atoms with E-state index in [2.05, 4.69) is 15.3 Å². The fourth-order valence-corrected chi connectivity index (χ4v) is 3.63. The molecule has 1 saturated carbocycles. The first-order valence-corrected chi connectivity index (χ1v) is 9.79. The lowest BCUT2D eigenvalue weighted by molar-refractivity contribution is 0.0980. The van der Waals surface area contributed by atoms with Crippen molar-refractivity contribution in [1.29, 1.82) is 0 Å². The Bertz CT molecular complexity index is 908. The molecule has 0 atom stereocenters. The number of aromatic nitrogens is 2. The number of carbonyl (C=O) groups is 1. The molecule has 2 aromatic carbocycles. The number of para-hydroxylation sites is 1. The monoisotopic (exact) mass is 372 g/mol. The van der Waals surface area contributed by atoms with E-state index in [1.165, 1.54) is 19.2 Å². The lowest BCUT2D eigenvalue weighted by Gasteiger charge is -2.23. The van der Waals surface area contributed by atoms with Crippen LogP contribution in [0, 0.1) is 0 Å². The smallest absolute Gasteiger partial charge is 0.277 e. The Kier molecular flexibility index (Phi) is 5.61. The van der Waals surface area contributed by atoms with E-state index in [4.69, 9.17) is 0 Å². The summed E-state index contributed by atoms with van der Waals surface area (Å²) in [5.74, 6) is 0.588. The minimum Gasteiger partial charge on any atom is -0.367 e. The first-order chi connectivity index (χ1) is 13.8. The predicted octanol–water partition coefficient (Wildman–Crippen LogP) is 4.68. The van der Waals surface area contributed by atoms with Crippen molar-refractivity contribution in [2.75, 3.05) is 10.2 Å². The summed E-state index contributed by atoms with van der Waals surface area (Å²) in [6.07, 6.45) is 6.26. The van der Waals surface area contributed by atoms with Crippen molar-refractivity contribution in [1.82, 2.24) is 9.97 Å². The van der Waals surface area contributed by atoms with Crippen molar-refractivity contribution in [3.05, 3.63) is 84.3 Å². The van der Waals surface area contributed by atoms with Gasteiger partial charge in [-0.2, -0.15) is 0 Å². The fourth-order valence-electron chi connectivity index (χ4n) is 3.63. The Morgan fingerprint density at radius 1 is 0.964 bits per heavy atom. The molecule has 1 fully saturated rings. The highest BCUT2D eigenvalue weighted by molar-refractivity contribution is 6.05. The van der Waals surface area contributed by atoms with E-state index in [0.29, 0.717) is 18.3 Å². The molecule has 142 valence electrons. The van der Waals surface area contributed by atoms with Crippen LogP contribution in [0.3, 0.4) is 0 Å². The van der Waals surface area contributed by atoms with Gasteiger partial charge in [0.15, 0.2) is 0 Å². The topological polar surface area (TPSA) is 58.1 Å². The molecule has 0 radical (unpaired) electrons. The van der Waals surface area contributed by atoms with Gasteiger partial charge in [-0.25, -0.2) is 9.97 Å². The summed E-state index contributed by atoms with van der Waals surface area (Å²) in [5.41, 5.74) is 2.31. The molecule has 0 spiro atoms. The molecule has 4 rings (SSSR count). The van der Waals surface area contributed by atoms with Crippen LogP contribution in [-0.2, 0) is 6.54 Å². The second kappa shape index (κ2) is 8.65. The highest BCUT2D eigenvalue weighted by Gasteiger charge is 2.21. The summed E-state index contributed by atoms with van der Waals surface area (Å²) in [4.78, 5) is 23.7. The van der Waals surface area contributed by atoms with Crippen molar-refractivity contribution in [3.8, 4) is 0 Å². The third kappa shape index (κ3) is 4.36. The summed E-state index contributed by atoms with van der Waals surface area (Å²) >= 11 is 0. The van der Waals surface area contributed by atoms with Gasteiger partial charge in [0.25, 0.3) is 5.91 Å². The average molecular weight is 372 g/mol. The Morgan fingerprint density at radius 3 is 2.36 bits per heavy atom. The van der Waals surface area contributed by atoms with Crippen LogP contribution in [0.4, 0.5) is 11.5 Å². The molecule has 1 aliphatic carbocycles. The molecular weight excluding hydrogens is 348 g/mol. The number of hydrogen-bond acceptors (Lipinski definition) is 4. The molecule has 28 heavy (non-hydrogen) atoms. The van der Waals surface area contributed by atoms with Gasteiger partial charge in [-0.3, -0.25) is 4.79 Å². The number of hydrogen-bond donors (Lipinski definition) is 1. The molecule has 0 saturated heterocycles. The van der Waals surface area contributed by atoms with Crippen LogP contribution in [-0.4, -0.2) is 21.9 Å². The molecule has 0 bridgehead atoms. The lowest BCUT2D eigenvalue weighted by atomic mass is 10.1. The largest absolute Gasteiger partial charge is 0.367 e. The van der Waals surface area contributed by atoms with Crippen molar-refractivity contribution < 1.29 is 4.79 Å². The van der Waals surface area contributed by atoms with E-state index in [9.17, 15) is 4.79 Å². The van der Waals surface area contributed by atoms with Crippen molar-refractivity contribution in [3.63, 3.8) is 0 Å². The molecule has 1 aliphatic rings. The van der Waals surface area contributed by atoms with Crippen LogP contribution in [0.2, 0.25) is 0 Å². The van der Waals surface area contributed by atoms with Crippen LogP contribution >= 0.6 is 0 Å². The van der Waals surface area contributed by atoms with Gasteiger partial charge in [-0.05, 0) is 30.5 Å². The van der Waals surface area contributed by atoms with E-state index in [1.54, 1.807) is 11.0 Å². The van der Waals surface area contributed by atoms with Gasteiger partial charge < -0.3 is 10.2 Å². The van der Waals surface area contributed by atoms with Gasteiger partial charge in [0, 0.05) is 17.8 Å². The van der Waals surface area contributed by atoms with Crippen LogP contribution in [0.25, 0.3) is 0 Å². The Morgan fingerprint density at radius 2 is 1.64 bits per heavy atom. The molecule has 5 heteroatoms.